The van der Waals surface area contributed by atoms with Gasteiger partial charge >= 0.3 is 0 Å². The Balaban J connectivity index is 0.00000341. The van der Waals surface area contributed by atoms with Gasteiger partial charge in [0, 0.05) is 28.9 Å². The lowest BCUT2D eigenvalue weighted by Gasteiger charge is -2.30. The maximum atomic E-state index is 12.7. The van der Waals surface area contributed by atoms with Crippen molar-refractivity contribution in [1.82, 2.24) is 10.2 Å². The third-order valence-corrected chi connectivity index (χ3v) is 7.18. The molecule has 1 aliphatic carbocycles. The molecule has 8 heteroatoms. The number of sulfone groups is 1. The highest BCUT2D eigenvalue weighted by atomic mass is 35.5. The van der Waals surface area contributed by atoms with Crippen molar-refractivity contribution in [3.8, 4) is 0 Å². The Labute approximate surface area is 196 Å². The lowest BCUT2D eigenvalue weighted by atomic mass is 10.1. The first kappa shape index (κ1) is 25.7. The van der Waals surface area contributed by atoms with Crippen molar-refractivity contribution in [2.24, 2.45) is 0 Å². The van der Waals surface area contributed by atoms with Gasteiger partial charge in [-0.05, 0) is 87.7 Å². The second-order valence-corrected chi connectivity index (χ2v) is 10.5. The Morgan fingerprint density at radius 1 is 1.10 bits per heavy atom. The van der Waals surface area contributed by atoms with Gasteiger partial charge in [0.2, 0.25) is 0 Å². The lowest BCUT2D eigenvalue weighted by Crippen LogP contribution is -2.47. The quantitative estimate of drug-likeness (QED) is 0.603. The van der Waals surface area contributed by atoms with Crippen molar-refractivity contribution in [2.45, 2.75) is 49.1 Å². The third kappa shape index (κ3) is 7.21. The van der Waals surface area contributed by atoms with Gasteiger partial charge in [-0.15, -0.1) is 12.4 Å². The van der Waals surface area contributed by atoms with Crippen LogP contribution in [0.5, 0.6) is 0 Å². The molecule has 0 saturated heterocycles. The summed E-state index contributed by atoms with van der Waals surface area (Å²) in [5.41, 5.74) is 1.76. The van der Waals surface area contributed by atoms with Crippen molar-refractivity contribution in [2.75, 3.05) is 19.8 Å². The molecule has 0 aliphatic heterocycles. The normalized spacial score (nSPS) is 18.6. The maximum Gasteiger partial charge on any atom is 0.251 e. The van der Waals surface area contributed by atoms with Gasteiger partial charge < -0.3 is 10.2 Å². The molecule has 0 bridgehead atoms. The monoisotopic (exact) mass is 484 g/mol. The zero-order valence-electron chi connectivity index (χ0n) is 17.9. The Hall–Kier alpha value is -1.60. The fourth-order valence-corrected chi connectivity index (χ4v) is 4.85. The fourth-order valence-electron chi connectivity index (χ4n) is 4.09. The van der Waals surface area contributed by atoms with Crippen molar-refractivity contribution in [3.63, 3.8) is 0 Å². The van der Waals surface area contributed by atoms with E-state index in [9.17, 15) is 13.2 Å². The number of halogens is 2. The number of benzene rings is 2. The zero-order chi connectivity index (χ0) is 21.7. The highest BCUT2D eigenvalue weighted by Crippen LogP contribution is 2.24. The molecule has 0 unspecified atom stereocenters. The van der Waals surface area contributed by atoms with E-state index in [1.807, 2.05) is 12.1 Å². The van der Waals surface area contributed by atoms with Crippen LogP contribution in [0.15, 0.2) is 53.4 Å². The number of aryl methyl sites for hydroxylation is 1. The molecule has 0 radical (unpaired) electrons. The van der Waals surface area contributed by atoms with Crippen LogP contribution in [-0.4, -0.2) is 51.2 Å². The third-order valence-electron chi connectivity index (χ3n) is 5.80. The summed E-state index contributed by atoms with van der Waals surface area (Å²) in [6, 6.07) is 14.5. The first-order chi connectivity index (χ1) is 14.2. The van der Waals surface area contributed by atoms with Crippen LogP contribution < -0.4 is 5.32 Å². The highest BCUT2D eigenvalue weighted by molar-refractivity contribution is 7.90. The standard InChI is InChI=1S/C23H29ClN2O3S.ClH/c1-26(16-4-5-17-8-12-19(24)13-9-17)22-7-3-6-21(22)25-23(27)18-10-14-20(15-11-18)30(2,28)29;/h8-15,21-22H,3-7,16H2,1-2H3,(H,25,27);1H/t21-,22-;/m1./s1. The van der Waals surface area contributed by atoms with Gasteiger partial charge in [0.1, 0.15) is 0 Å². The first-order valence-electron chi connectivity index (χ1n) is 10.3. The molecule has 2 aromatic rings. The predicted molar refractivity (Wildman–Crippen MR) is 128 cm³/mol. The highest BCUT2D eigenvalue weighted by Gasteiger charge is 2.31. The maximum absolute atomic E-state index is 12.7. The van der Waals surface area contributed by atoms with Gasteiger partial charge in [0.15, 0.2) is 9.84 Å². The zero-order valence-corrected chi connectivity index (χ0v) is 20.3. The van der Waals surface area contributed by atoms with Crippen molar-refractivity contribution < 1.29 is 13.2 Å². The number of likely N-dealkylation sites (N-methyl/N-ethyl adjacent to an activating group) is 1. The molecule has 2 atom stereocenters. The summed E-state index contributed by atoms with van der Waals surface area (Å²) in [6.07, 6.45) is 6.31. The molecular formula is C23H30Cl2N2O3S. The van der Waals surface area contributed by atoms with E-state index in [0.717, 1.165) is 49.9 Å². The summed E-state index contributed by atoms with van der Waals surface area (Å²) in [6.45, 7) is 0.961. The lowest BCUT2D eigenvalue weighted by molar-refractivity contribution is 0.0912. The van der Waals surface area contributed by atoms with E-state index in [1.165, 1.54) is 17.7 Å². The summed E-state index contributed by atoms with van der Waals surface area (Å²) in [7, 11) is -1.14. The second kappa shape index (κ2) is 11.3. The Morgan fingerprint density at radius 2 is 1.74 bits per heavy atom. The van der Waals surface area contributed by atoms with Gasteiger partial charge in [-0.1, -0.05) is 23.7 Å². The smallest absolute Gasteiger partial charge is 0.251 e. The number of nitrogens with zero attached hydrogens (tertiary/aromatic N) is 1. The minimum atomic E-state index is -3.26. The summed E-state index contributed by atoms with van der Waals surface area (Å²) < 4.78 is 23.2. The SMILES string of the molecule is CN(CCCc1ccc(Cl)cc1)[C@@H]1CCC[C@H]1NC(=O)c1ccc(S(C)(=O)=O)cc1.Cl. The molecule has 1 saturated carbocycles. The van der Waals surface area contributed by atoms with Crippen molar-refractivity contribution >= 4 is 39.8 Å². The molecule has 5 nitrogen and oxygen atoms in total. The van der Waals surface area contributed by atoms with Crippen LogP contribution in [-0.2, 0) is 16.3 Å². The topological polar surface area (TPSA) is 66.5 Å². The molecule has 1 fully saturated rings. The molecule has 170 valence electrons. The molecule has 3 rings (SSSR count). The van der Waals surface area contributed by atoms with Crippen LogP contribution in [0.3, 0.4) is 0 Å². The number of hydrogen-bond donors (Lipinski definition) is 1. The summed E-state index contributed by atoms with van der Waals surface area (Å²) in [5.74, 6) is -0.151. The van der Waals surface area contributed by atoms with Crippen LogP contribution >= 0.6 is 24.0 Å². The average Bonchev–Trinajstić information content (AvgIpc) is 3.17. The van der Waals surface area contributed by atoms with Crippen molar-refractivity contribution in [3.05, 3.63) is 64.7 Å². The fraction of sp³-hybridized carbons (Fsp3) is 0.435. The van der Waals surface area contributed by atoms with Gasteiger partial charge in [0.25, 0.3) is 5.91 Å². The molecule has 1 N–H and O–H groups in total. The van der Waals surface area contributed by atoms with E-state index >= 15 is 0 Å². The van der Waals surface area contributed by atoms with Gasteiger partial charge in [-0.3, -0.25) is 4.79 Å². The van der Waals surface area contributed by atoms with E-state index < -0.39 is 9.84 Å². The van der Waals surface area contributed by atoms with Crippen LogP contribution in [0, 0.1) is 0 Å². The number of nitrogens with one attached hydrogen (secondary N) is 1. The Kier molecular flexibility index (Phi) is 9.37. The summed E-state index contributed by atoms with van der Waals surface area (Å²) >= 11 is 5.94. The molecule has 1 amide bonds. The van der Waals surface area contributed by atoms with Crippen LogP contribution in [0.2, 0.25) is 5.02 Å². The minimum Gasteiger partial charge on any atom is -0.348 e. The predicted octanol–water partition coefficient (Wildman–Crippen LogP) is 4.38. The number of hydrogen-bond acceptors (Lipinski definition) is 4. The van der Waals surface area contributed by atoms with Crippen LogP contribution in [0.1, 0.15) is 41.6 Å². The van der Waals surface area contributed by atoms with Crippen LogP contribution in [0.4, 0.5) is 0 Å². The Bertz CT molecular complexity index is 963. The van der Waals surface area contributed by atoms with E-state index in [-0.39, 0.29) is 29.3 Å². The average molecular weight is 485 g/mol. The minimum absolute atomic E-state index is 0. The molecule has 0 heterocycles. The molecule has 0 aromatic heterocycles. The van der Waals surface area contributed by atoms with E-state index in [2.05, 4.69) is 29.4 Å². The summed E-state index contributed by atoms with van der Waals surface area (Å²) in [5, 5.41) is 3.91. The van der Waals surface area contributed by atoms with Gasteiger partial charge in [-0.2, -0.15) is 0 Å². The molecular weight excluding hydrogens is 455 g/mol. The van der Waals surface area contributed by atoms with Gasteiger partial charge in [0.05, 0.1) is 4.90 Å². The second-order valence-electron chi connectivity index (χ2n) is 8.09. The van der Waals surface area contributed by atoms with Gasteiger partial charge in [-0.25, -0.2) is 8.42 Å². The van der Waals surface area contributed by atoms with Crippen molar-refractivity contribution in [1.29, 1.82) is 0 Å². The molecule has 2 aromatic carbocycles. The number of carbonyl (C=O) groups excluding carboxylic acids is 1. The molecule has 0 spiro atoms. The van der Waals surface area contributed by atoms with E-state index in [0.29, 0.717) is 11.6 Å². The van der Waals surface area contributed by atoms with E-state index in [4.69, 9.17) is 11.6 Å². The number of rotatable bonds is 8. The van der Waals surface area contributed by atoms with Crippen LogP contribution in [0.25, 0.3) is 0 Å². The molecule has 31 heavy (non-hydrogen) atoms. The van der Waals surface area contributed by atoms with E-state index in [1.54, 1.807) is 12.1 Å². The largest absolute Gasteiger partial charge is 0.348 e. The molecule has 1 aliphatic rings. The summed E-state index contributed by atoms with van der Waals surface area (Å²) in [4.78, 5) is 15.2. The number of amides is 1. The number of carbonyl (C=O) groups is 1. The Morgan fingerprint density at radius 3 is 2.35 bits per heavy atom. The first-order valence-corrected chi connectivity index (χ1v) is 12.6.